The third-order valence-electron chi connectivity index (χ3n) is 6.74. The molecule has 34 heavy (non-hydrogen) atoms. The highest BCUT2D eigenvalue weighted by Gasteiger charge is 2.41. The lowest BCUT2D eigenvalue weighted by atomic mass is 9.95. The molecule has 3 atom stereocenters. The molecule has 6 nitrogen and oxygen atoms in total. The Labute approximate surface area is 200 Å². The fourth-order valence-corrected chi connectivity index (χ4v) is 4.53. The van der Waals surface area contributed by atoms with E-state index in [1.807, 2.05) is 49.4 Å². The second kappa shape index (κ2) is 10.2. The van der Waals surface area contributed by atoms with Gasteiger partial charge in [0.15, 0.2) is 0 Å². The number of hydrogen-bond acceptors (Lipinski definition) is 4. The molecule has 2 heterocycles. The van der Waals surface area contributed by atoms with E-state index < -0.39 is 18.3 Å². The molecule has 0 aromatic heterocycles. The maximum absolute atomic E-state index is 14.4. The summed E-state index contributed by atoms with van der Waals surface area (Å²) >= 11 is 0. The molecular weight excluding hydrogens is 433 g/mol. The van der Waals surface area contributed by atoms with E-state index in [0.717, 1.165) is 11.1 Å². The molecule has 182 valence electrons. The van der Waals surface area contributed by atoms with Crippen molar-refractivity contribution < 1.29 is 18.7 Å². The molecule has 3 unspecified atom stereocenters. The minimum Gasteiger partial charge on any atom is -0.377 e. The van der Waals surface area contributed by atoms with Crippen LogP contribution in [-0.2, 0) is 14.3 Å². The predicted molar refractivity (Wildman–Crippen MR) is 129 cm³/mol. The van der Waals surface area contributed by atoms with Crippen LogP contribution in [0.3, 0.4) is 0 Å². The van der Waals surface area contributed by atoms with Gasteiger partial charge in [-0.05, 0) is 29.5 Å². The van der Waals surface area contributed by atoms with Gasteiger partial charge in [0.1, 0.15) is 12.2 Å². The molecule has 4 rings (SSSR count). The molecule has 0 saturated carbocycles. The number of nitrogens with one attached hydrogen (secondary N) is 2. The van der Waals surface area contributed by atoms with E-state index in [4.69, 9.17) is 4.74 Å². The first-order chi connectivity index (χ1) is 16.3. The SMILES string of the molecule is CC(C)c1ccc(C(NC(=O)C2CC(F)CN2C(=O)CNC2(C)COC2)c2ccccc2)cc1. The van der Waals surface area contributed by atoms with E-state index in [1.165, 1.54) is 10.5 Å². The largest absolute Gasteiger partial charge is 0.377 e. The average Bonchev–Trinajstić information content (AvgIpc) is 3.22. The summed E-state index contributed by atoms with van der Waals surface area (Å²) in [5.74, 6) is -0.208. The third-order valence-corrected chi connectivity index (χ3v) is 6.74. The molecule has 2 N–H and O–H groups in total. The van der Waals surface area contributed by atoms with Crippen molar-refractivity contribution >= 4 is 11.8 Å². The number of hydrogen-bond donors (Lipinski definition) is 2. The van der Waals surface area contributed by atoms with E-state index in [-0.39, 0.29) is 36.9 Å². The topological polar surface area (TPSA) is 70.7 Å². The van der Waals surface area contributed by atoms with E-state index in [9.17, 15) is 14.0 Å². The van der Waals surface area contributed by atoms with Crippen molar-refractivity contribution in [3.8, 4) is 0 Å². The first-order valence-electron chi connectivity index (χ1n) is 12.0. The second-order valence-corrected chi connectivity index (χ2v) is 9.98. The quantitative estimate of drug-likeness (QED) is 0.625. The molecule has 2 fully saturated rings. The summed E-state index contributed by atoms with van der Waals surface area (Å²) in [6, 6.07) is 16.7. The Balaban J connectivity index is 1.50. The molecule has 2 saturated heterocycles. The fraction of sp³-hybridized carbons (Fsp3) is 0.481. The first-order valence-corrected chi connectivity index (χ1v) is 12.0. The van der Waals surface area contributed by atoms with Crippen molar-refractivity contribution in [1.82, 2.24) is 15.5 Å². The summed E-state index contributed by atoms with van der Waals surface area (Å²) in [6.07, 6.45) is -1.21. The van der Waals surface area contributed by atoms with Gasteiger partial charge in [0.25, 0.3) is 0 Å². The van der Waals surface area contributed by atoms with Gasteiger partial charge in [-0.1, -0.05) is 68.4 Å². The number of ether oxygens (including phenoxy) is 1. The van der Waals surface area contributed by atoms with Crippen LogP contribution < -0.4 is 10.6 Å². The minimum atomic E-state index is -1.22. The number of amides is 2. The molecule has 0 spiro atoms. The number of benzene rings is 2. The average molecular weight is 468 g/mol. The molecule has 2 amide bonds. The highest BCUT2D eigenvalue weighted by Crippen LogP contribution is 2.27. The Morgan fingerprint density at radius 3 is 2.26 bits per heavy atom. The number of likely N-dealkylation sites (tertiary alicyclic amines) is 1. The van der Waals surface area contributed by atoms with Gasteiger partial charge in [-0.2, -0.15) is 0 Å². The zero-order valence-electron chi connectivity index (χ0n) is 20.1. The molecule has 0 radical (unpaired) electrons. The van der Waals surface area contributed by atoms with Crippen LogP contribution in [0.25, 0.3) is 0 Å². The summed E-state index contributed by atoms with van der Waals surface area (Å²) in [7, 11) is 0. The first kappa shape index (κ1) is 24.4. The number of halogens is 1. The minimum absolute atomic E-state index is 0.00570. The van der Waals surface area contributed by atoms with Crippen molar-refractivity contribution in [3.63, 3.8) is 0 Å². The maximum atomic E-state index is 14.4. The Hall–Kier alpha value is -2.77. The van der Waals surface area contributed by atoms with E-state index >= 15 is 0 Å². The fourth-order valence-electron chi connectivity index (χ4n) is 4.53. The Morgan fingerprint density at radius 2 is 1.68 bits per heavy atom. The molecular formula is C27H34FN3O3. The highest BCUT2D eigenvalue weighted by molar-refractivity contribution is 5.89. The smallest absolute Gasteiger partial charge is 0.243 e. The van der Waals surface area contributed by atoms with Crippen LogP contribution in [0.4, 0.5) is 4.39 Å². The maximum Gasteiger partial charge on any atom is 0.243 e. The monoisotopic (exact) mass is 467 g/mol. The van der Waals surface area contributed by atoms with Crippen LogP contribution >= 0.6 is 0 Å². The van der Waals surface area contributed by atoms with Gasteiger partial charge in [-0.25, -0.2) is 4.39 Å². The second-order valence-electron chi connectivity index (χ2n) is 9.98. The van der Waals surface area contributed by atoms with Gasteiger partial charge in [-0.3, -0.25) is 14.9 Å². The van der Waals surface area contributed by atoms with E-state index in [1.54, 1.807) is 0 Å². The van der Waals surface area contributed by atoms with Gasteiger partial charge in [0.2, 0.25) is 11.8 Å². The van der Waals surface area contributed by atoms with Gasteiger partial charge in [-0.15, -0.1) is 0 Å². The van der Waals surface area contributed by atoms with Crippen molar-refractivity contribution in [2.75, 3.05) is 26.3 Å². The van der Waals surface area contributed by atoms with E-state index in [0.29, 0.717) is 19.1 Å². The zero-order valence-corrected chi connectivity index (χ0v) is 20.1. The number of nitrogens with zero attached hydrogens (tertiary/aromatic N) is 1. The van der Waals surface area contributed by atoms with Gasteiger partial charge in [0, 0.05) is 6.42 Å². The zero-order chi connectivity index (χ0) is 24.3. The van der Waals surface area contributed by atoms with Crippen molar-refractivity contribution in [3.05, 3.63) is 71.3 Å². The summed E-state index contributed by atoms with van der Waals surface area (Å²) in [5.41, 5.74) is 2.84. The molecule has 0 aliphatic carbocycles. The summed E-state index contributed by atoms with van der Waals surface area (Å²) < 4.78 is 19.6. The molecule has 2 aromatic carbocycles. The predicted octanol–water partition coefficient (Wildman–Crippen LogP) is 3.33. The van der Waals surface area contributed by atoms with Crippen molar-refractivity contribution in [1.29, 1.82) is 0 Å². The number of carbonyl (C=O) groups excluding carboxylic acids is 2. The lowest BCUT2D eigenvalue weighted by molar-refractivity contribution is -0.139. The van der Waals surface area contributed by atoms with Crippen LogP contribution in [-0.4, -0.2) is 60.8 Å². The number of carbonyl (C=O) groups is 2. The van der Waals surface area contributed by atoms with Crippen molar-refractivity contribution in [2.45, 2.75) is 56.9 Å². The van der Waals surface area contributed by atoms with Crippen LogP contribution in [0.1, 0.15) is 55.8 Å². The number of rotatable bonds is 8. The van der Waals surface area contributed by atoms with E-state index in [2.05, 4.69) is 36.6 Å². The third kappa shape index (κ3) is 5.47. The Bertz CT molecular complexity index is 992. The number of alkyl halides is 1. The molecule has 0 bridgehead atoms. The van der Waals surface area contributed by atoms with Crippen LogP contribution in [0.15, 0.2) is 54.6 Å². The van der Waals surface area contributed by atoms with Crippen LogP contribution in [0.2, 0.25) is 0 Å². The van der Waals surface area contributed by atoms with Crippen LogP contribution in [0.5, 0.6) is 0 Å². The normalized spacial score (nSPS) is 22.3. The molecule has 2 aliphatic heterocycles. The summed E-state index contributed by atoms with van der Waals surface area (Å²) in [5, 5.41) is 6.28. The van der Waals surface area contributed by atoms with Gasteiger partial charge in [0.05, 0.1) is 37.9 Å². The lowest BCUT2D eigenvalue weighted by Gasteiger charge is -2.39. The standard InChI is InChI=1S/C27H34FN3O3/c1-18(2)19-9-11-21(12-10-19)25(20-7-5-4-6-8-20)30-26(33)23-13-22(28)15-31(23)24(32)14-29-27(3)16-34-17-27/h4-12,18,22-23,25,29H,13-17H2,1-3H3,(H,30,33). The Morgan fingerprint density at radius 1 is 1.06 bits per heavy atom. The molecule has 7 heteroatoms. The Kier molecular flexibility index (Phi) is 7.33. The van der Waals surface area contributed by atoms with Gasteiger partial charge < -0.3 is 15.0 Å². The van der Waals surface area contributed by atoms with Crippen molar-refractivity contribution in [2.24, 2.45) is 0 Å². The molecule has 2 aliphatic rings. The highest BCUT2D eigenvalue weighted by atomic mass is 19.1. The lowest BCUT2D eigenvalue weighted by Crippen LogP contribution is -2.60. The summed E-state index contributed by atoms with van der Waals surface area (Å²) in [4.78, 5) is 27.7. The molecule has 2 aromatic rings. The van der Waals surface area contributed by atoms with Gasteiger partial charge >= 0.3 is 0 Å². The van der Waals surface area contributed by atoms with Crippen LogP contribution in [0, 0.1) is 0 Å². The summed E-state index contributed by atoms with van der Waals surface area (Å²) in [6.45, 7) is 7.30.